The van der Waals surface area contributed by atoms with Gasteiger partial charge in [0.1, 0.15) is 0 Å². The number of nitrogens with zero attached hydrogens (tertiary/aromatic N) is 3. The topological polar surface area (TPSA) is 94.0 Å². The molecule has 1 aliphatic heterocycles. The molecule has 1 saturated heterocycles. The predicted octanol–water partition coefficient (Wildman–Crippen LogP) is 4.14. The first-order valence-electron chi connectivity index (χ1n) is 11.8. The largest absolute Gasteiger partial charge is 0.349 e. The maximum atomic E-state index is 13.5. The summed E-state index contributed by atoms with van der Waals surface area (Å²) in [7, 11) is -3.08. The van der Waals surface area contributed by atoms with Gasteiger partial charge in [0.25, 0.3) is 5.91 Å². The highest BCUT2D eigenvalue weighted by Gasteiger charge is 2.32. The Morgan fingerprint density at radius 1 is 1.06 bits per heavy atom. The van der Waals surface area contributed by atoms with Gasteiger partial charge >= 0.3 is 0 Å². The average molecular weight is 467 g/mol. The molecule has 7 nitrogen and oxygen atoms in total. The number of hydrogen-bond acceptors (Lipinski definition) is 5. The molecule has 1 aromatic carbocycles. The Bertz CT molecular complexity index is 1310. The van der Waals surface area contributed by atoms with Crippen molar-refractivity contribution in [3.05, 3.63) is 47.2 Å². The van der Waals surface area contributed by atoms with Crippen LogP contribution in [0.2, 0.25) is 0 Å². The minimum absolute atomic E-state index is 0.0588. The second-order valence-corrected chi connectivity index (χ2v) is 11.7. The number of rotatable bonds is 4. The van der Waals surface area contributed by atoms with Gasteiger partial charge in [-0.1, -0.05) is 49.1 Å². The van der Waals surface area contributed by atoms with Crippen molar-refractivity contribution >= 4 is 26.8 Å². The molecule has 5 rings (SSSR count). The van der Waals surface area contributed by atoms with Gasteiger partial charge in [0.05, 0.1) is 39.9 Å². The van der Waals surface area contributed by atoms with E-state index in [0.29, 0.717) is 34.4 Å². The Kier molecular flexibility index (Phi) is 5.72. The zero-order valence-corrected chi connectivity index (χ0v) is 20.0. The van der Waals surface area contributed by atoms with Crippen LogP contribution in [0.4, 0.5) is 0 Å². The van der Waals surface area contributed by atoms with Gasteiger partial charge in [-0.15, -0.1) is 0 Å². The van der Waals surface area contributed by atoms with E-state index >= 15 is 0 Å². The van der Waals surface area contributed by atoms with Crippen molar-refractivity contribution in [3.63, 3.8) is 0 Å². The molecule has 8 heteroatoms. The molecule has 1 saturated carbocycles. The van der Waals surface area contributed by atoms with E-state index in [0.717, 1.165) is 36.8 Å². The number of benzene rings is 1. The number of nitrogens with one attached hydrogen (secondary N) is 1. The van der Waals surface area contributed by atoms with Gasteiger partial charge in [-0.3, -0.25) is 4.79 Å². The smallest absolute Gasteiger partial charge is 0.252 e. The van der Waals surface area contributed by atoms with Crippen LogP contribution in [0.25, 0.3) is 22.3 Å². The van der Waals surface area contributed by atoms with Crippen molar-refractivity contribution in [2.75, 3.05) is 11.5 Å². The molecule has 2 aliphatic rings. The van der Waals surface area contributed by atoms with Crippen LogP contribution < -0.4 is 5.32 Å². The zero-order valence-electron chi connectivity index (χ0n) is 19.2. The third kappa shape index (κ3) is 4.40. The van der Waals surface area contributed by atoms with Crippen molar-refractivity contribution in [2.24, 2.45) is 0 Å². The number of amides is 1. The number of aromatic nitrogens is 3. The minimum Gasteiger partial charge on any atom is -0.349 e. The van der Waals surface area contributed by atoms with Gasteiger partial charge in [-0.05, 0) is 39.2 Å². The van der Waals surface area contributed by atoms with E-state index in [9.17, 15) is 13.2 Å². The highest BCUT2D eigenvalue weighted by molar-refractivity contribution is 7.91. The van der Waals surface area contributed by atoms with Crippen LogP contribution in [0.15, 0.2) is 30.3 Å². The van der Waals surface area contributed by atoms with Crippen LogP contribution in [0.3, 0.4) is 0 Å². The van der Waals surface area contributed by atoms with Crippen LogP contribution in [-0.4, -0.2) is 46.6 Å². The van der Waals surface area contributed by atoms with Crippen molar-refractivity contribution in [1.29, 1.82) is 0 Å². The zero-order chi connectivity index (χ0) is 23.2. The van der Waals surface area contributed by atoms with Crippen molar-refractivity contribution in [2.45, 2.75) is 64.5 Å². The molecule has 1 aliphatic carbocycles. The second kappa shape index (κ2) is 8.56. The lowest BCUT2D eigenvalue weighted by atomic mass is 9.95. The molecular weight excluding hydrogens is 436 g/mol. The lowest BCUT2D eigenvalue weighted by Crippen LogP contribution is -2.36. The highest BCUT2D eigenvalue weighted by Crippen LogP contribution is 2.32. The molecule has 1 unspecified atom stereocenters. The fourth-order valence-corrected chi connectivity index (χ4v) is 6.79. The molecule has 3 aromatic rings. The summed E-state index contributed by atoms with van der Waals surface area (Å²) >= 11 is 0. The molecule has 1 atom stereocenters. The summed E-state index contributed by atoms with van der Waals surface area (Å²) in [6, 6.07) is 9.83. The van der Waals surface area contributed by atoms with Crippen molar-refractivity contribution in [3.8, 4) is 11.3 Å². The number of carbonyl (C=O) groups is 1. The molecule has 174 valence electrons. The fraction of sp³-hybridized carbons (Fsp3) is 0.480. The molecule has 0 bridgehead atoms. The summed E-state index contributed by atoms with van der Waals surface area (Å²) in [6.45, 7) is 3.90. The van der Waals surface area contributed by atoms with E-state index in [2.05, 4.69) is 10.4 Å². The first kappa shape index (κ1) is 22.1. The van der Waals surface area contributed by atoms with E-state index in [1.165, 1.54) is 6.42 Å². The van der Waals surface area contributed by atoms with E-state index in [1.54, 1.807) is 4.68 Å². The summed E-state index contributed by atoms with van der Waals surface area (Å²) in [5.74, 6) is 0.109. The molecule has 0 spiro atoms. The first-order chi connectivity index (χ1) is 15.8. The van der Waals surface area contributed by atoms with Gasteiger partial charge in [-0.25, -0.2) is 18.1 Å². The van der Waals surface area contributed by atoms with E-state index < -0.39 is 9.84 Å². The van der Waals surface area contributed by atoms with Crippen molar-refractivity contribution < 1.29 is 13.2 Å². The standard InChI is InChI=1S/C25H30N4O3S/c1-16-8-10-18(11-9-16)22-14-21(25(30)26-19-6-4-3-5-7-19)23-17(2)28-29(24(23)27-22)20-12-13-33(31,32)15-20/h8-11,14,19-20H,3-7,12-13,15H2,1-2H3,(H,26,30). The predicted molar refractivity (Wildman–Crippen MR) is 129 cm³/mol. The lowest BCUT2D eigenvalue weighted by molar-refractivity contribution is 0.0929. The number of aryl methyl sites for hydroxylation is 2. The molecule has 33 heavy (non-hydrogen) atoms. The Labute approximate surface area is 194 Å². The summed E-state index contributed by atoms with van der Waals surface area (Å²) < 4.78 is 26.0. The summed E-state index contributed by atoms with van der Waals surface area (Å²) in [6.07, 6.45) is 6.01. The first-order valence-corrected chi connectivity index (χ1v) is 13.6. The van der Waals surface area contributed by atoms with Crippen LogP contribution in [0.1, 0.15) is 66.2 Å². The van der Waals surface area contributed by atoms with Crippen LogP contribution in [-0.2, 0) is 9.84 Å². The van der Waals surface area contributed by atoms with Gasteiger partial charge in [-0.2, -0.15) is 5.10 Å². The Hall–Kier alpha value is -2.74. The Morgan fingerprint density at radius 3 is 2.45 bits per heavy atom. The van der Waals surface area contributed by atoms with Gasteiger partial charge in [0.2, 0.25) is 0 Å². The van der Waals surface area contributed by atoms with E-state index in [1.807, 2.05) is 44.2 Å². The minimum atomic E-state index is -3.08. The third-order valence-corrected chi connectivity index (χ3v) is 8.67. The van der Waals surface area contributed by atoms with E-state index in [-0.39, 0.29) is 29.5 Å². The average Bonchev–Trinajstić information content (AvgIpc) is 3.33. The molecule has 1 amide bonds. The van der Waals surface area contributed by atoms with E-state index in [4.69, 9.17) is 4.98 Å². The quantitative estimate of drug-likeness (QED) is 0.624. The molecule has 1 N–H and O–H groups in total. The summed E-state index contributed by atoms with van der Waals surface area (Å²) in [5, 5.41) is 8.63. The van der Waals surface area contributed by atoms with Crippen molar-refractivity contribution in [1.82, 2.24) is 20.1 Å². The van der Waals surface area contributed by atoms with Crippen LogP contribution >= 0.6 is 0 Å². The molecule has 2 fully saturated rings. The normalized spacial score (nSPS) is 20.8. The SMILES string of the molecule is Cc1ccc(-c2cc(C(=O)NC3CCCCC3)c3c(C)nn(C4CCS(=O)(=O)C4)c3n2)cc1. The highest BCUT2D eigenvalue weighted by atomic mass is 32.2. The van der Waals surface area contributed by atoms with Gasteiger partial charge in [0, 0.05) is 11.6 Å². The van der Waals surface area contributed by atoms with Crippen LogP contribution in [0, 0.1) is 13.8 Å². The van der Waals surface area contributed by atoms with Crippen LogP contribution in [0.5, 0.6) is 0 Å². The fourth-order valence-electron chi connectivity index (χ4n) is 5.10. The summed E-state index contributed by atoms with van der Waals surface area (Å²) in [4.78, 5) is 18.4. The number of pyridine rings is 1. The molecule has 0 radical (unpaired) electrons. The molecular formula is C25H30N4O3S. The maximum absolute atomic E-state index is 13.5. The number of hydrogen-bond donors (Lipinski definition) is 1. The van der Waals surface area contributed by atoms with Gasteiger partial charge in [0.15, 0.2) is 15.5 Å². The number of carbonyl (C=O) groups excluding carboxylic acids is 1. The third-order valence-electron chi connectivity index (χ3n) is 6.92. The molecule has 3 heterocycles. The number of fused-ring (bicyclic) bond motifs is 1. The number of sulfone groups is 1. The summed E-state index contributed by atoms with van der Waals surface area (Å²) in [5.41, 5.74) is 4.60. The maximum Gasteiger partial charge on any atom is 0.252 e. The monoisotopic (exact) mass is 466 g/mol. The lowest BCUT2D eigenvalue weighted by Gasteiger charge is -2.23. The second-order valence-electron chi connectivity index (χ2n) is 9.51. The van der Waals surface area contributed by atoms with Gasteiger partial charge < -0.3 is 5.32 Å². The molecule has 2 aromatic heterocycles. The Balaban J connectivity index is 1.64. The Morgan fingerprint density at radius 2 is 1.79 bits per heavy atom.